The van der Waals surface area contributed by atoms with Gasteiger partial charge in [-0.25, -0.2) is 0 Å². The van der Waals surface area contributed by atoms with Crippen molar-refractivity contribution in [2.45, 2.75) is 38.5 Å². The number of amidine groups is 2. The van der Waals surface area contributed by atoms with Gasteiger partial charge in [-0.2, -0.15) is 15.1 Å². The summed E-state index contributed by atoms with van der Waals surface area (Å²) in [6.45, 7) is 4.44. The Hall–Kier alpha value is -3.37. The van der Waals surface area contributed by atoms with E-state index in [0.717, 1.165) is 35.6 Å². The van der Waals surface area contributed by atoms with E-state index in [-0.39, 0.29) is 11.4 Å². The van der Waals surface area contributed by atoms with E-state index in [1.165, 1.54) is 36.0 Å². The molecule has 1 aliphatic carbocycles. The average molecular weight is 624 g/mol. The Morgan fingerprint density at radius 3 is 2.70 bits per heavy atom. The van der Waals surface area contributed by atoms with Crippen molar-refractivity contribution in [2.75, 3.05) is 20.3 Å². The van der Waals surface area contributed by atoms with Crippen molar-refractivity contribution in [3.05, 3.63) is 70.2 Å². The number of carbonyl (C=O) groups is 1. The van der Waals surface area contributed by atoms with E-state index >= 15 is 0 Å². The summed E-state index contributed by atoms with van der Waals surface area (Å²) in [5, 5.41) is 16.3. The smallest absolute Gasteiger partial charge is 0.283 e. The van der Waals surface area contributed by atoms with Crippen LogP contribution in [0.1, 0.15) is 43.2 Å². The number of fused-ring (bicyclic) bond motifs is 1. The standard InChI is InChI=1S/C30H31BrN4O4S/c1-3-9-20-10-7-8-13-24(20)38-14-15-39-26-23(31)17-19(18-25(26)37-2)16-22-27(32)35-30(33-28(22)36)40-29(34-35)21-11-5-4-6-12-21/h3,7-8,10,13,16-18,21,32H,1,4-6,9,11-12,14-15H2,2H3/b22-16-,32-27?. The number of hydrogen-bond acceptors (Lipinski definition) is 7. The molecule has 1 fully saturated rings. The molecule has 8 nitrogen and oxygen atoms in total. The number of para-hydroxylation sites is 1. The highest BCUT2D eigenvalue weighted by atomic mass is 79.9. The minimum Gasteiger partial charge on any atom is -0.493 e. The lowest BCUT2D eigenvalue weighted by Gasteiger charge is -2.20. The van der Waals surface area contributed by atoms with Crippen molar-refractivity contribution in [2.24, 2.45) is 16.0 Å². The molecule has 1 saturated carbocycles. The second-order valence-corrected chi connectivity index (χ2v) is 11.5. The highest BCUT2D eigenvalue weighted by molar-refractivity contribution is 9.10. The van der Waals surface area contributed by atoms with Gasteiger partial charge < -0.3 is 14.2 Å². The molecule has 208 valence electrons. The molecule has 40 heavy (non-hydrogen) atoms. The lowest BCUT2D eigenvalue weighted by atomic mass is 9.90. The van der Waals surface area contributed by atoms with Gasteiger partial charge in [0.05, 0.1) is 17.2 Å². The van der Waals surface area contributed by atoms with Crippen LogP contribution in [0, 0.1) is 11.3 Å². The first-order valence-corrected chi connectivity index (χ1v) is 14.9. The third-order valence-electron chi connectivity index (χ3n) is 6.91. The first kappa shape index (κ1) is 28.2. The Bertz CT molecular complexity index is 1410. The van der Waals surface area contributed by atoms with Crippen LogP contribution < -0.4 is 14.2 Å². The normalized spacial score (nSPS) is 18.4. The molecule has 3 aliphatic rings. The first-order valence-electron chi connectivity index (χ1n) is 13.3. The molecule has 2 aromatic carbocycles. The summed E-state index contributed by atoms with van der Waals surface area (Å²) >= 11 is 4.99. The third-order valence-corrected chi connectivity index (χ3v) is 8.57. The van der Waals surface area contributed by atoms with Gasteiger partial charge in [-0.15, -0.1) is 6.58 Å². The number of carbonyl (C=O) groups excluding carboxylic acids is 1. The summed E-state index contributed by atoms with van der Waals surface area (Å²) in [5.41, 5.74) is 1.91. The molecule has 2 heterocycles. The number of rotatable bonds is 10. The highest BCUT2D eigenvalue weighted by Crippen LogP contribution is 2.39. The maximum absolute atomic E-state index is 12.9. The predicted molar refractivity (Wildman–Crippen MR) is 164 cm³/mol. The number of nitrogens with zero attached hydrogens (tertiary/aromatic N) is 3. The topological polar surface area (TPSA) is 96.6 Å². The van der Waals surface area contributed by atoms with Crippen molar-refractivity contribution in [1.29, 1.82) is 5.41 Å². The monoisotopic (exact) mass is 622 g/mol. The van der Waals surface area contributed by atoms with Crippen LogP contribution in [0.25, 0.3) is 6.08 Å². The maximum atomic E-state index is 12.9. The molecule has 0 saturated heterocycles. The summed E-state index contributed by atoms with van der Waals surface area (Å²) < 4.78 is 18.2. The summed E-state index contributed by atoms with van der Waals surface area (Å²) in [6.07, 6.45) is 10.0. The number of allylic oxidation sites excluding steroid dienone is 1. The van der Waals surface area contributed by atoms with E-state index in [1.807, 2.05) is 36.4 Å². The molecule has 5 rings (SSSR count). The minimum absolute atomic E-state index is 0.0256. The van der Waals surface area contributed by atoms with Gasteiger partial charge >= 0.3 is 0 Å². The summed E-state index contributed by atoms with van der Waals surface area (Å²) in [7, 11) is 1.56. The molecule has 2 aromatic rings. The van der Waals surface area contributed by atoms with Crippen molar-refractivity contribution < 1.29 is 19.0 Å². The third kappa shape index (κ3) is 6.18. The van der Waals surface area contributed by atoms with Crippen LogP contribution in [-0.2, 0) is 11.2 Å². The second kappa shape index (κ2) is 12.9. The zero-order valence-electron chi connectivity index (χ0n) is 22.3. The molecule has 0 bridgehead atoms. The fourth-order valence-corrected chi connectivity index (χ4v) is 6.55. The molecule has 0 radical (unpaired) electrons. The van der Waals surface area contributed by atoms with E-state index < -0.39 is 5.91 Å². The van der Waals surface area contributed by atoms with Gasteiger partial charge in [0.15, 0.2) is 17.3 Å². The molecule has 0 atom stereocenters. The summed E-state index contributed by atoms with van der Waals surface area (Å²) in [5.74, 6) is 1.77. The van der Waals surface area contributed by atoms with Crippen molar-refractivity contribution in [1.82, 2.24) is 5.01 Å². The summed E-state index contributed by atoms with van der Waals surface area (Å²) in [6, 6.07) is 11.4. The number of thioether (sulfide) groups is 1. The van der Waals surface area contributed by atoms with Crippen LogP contribution in [0.5, 0.6) is 17.2 Å². The molecule has 10 heteroatoms. The van der Waals surface area contributed by atoms with Crippen LogP contribution in [0.4, 0.5) is 0 Å². The van der Waals surface area contributed by atoms with E-state index in [2.05, 4.69) is 32.6 Å². The fourth-order valence-electron chi connectivity index (χ4n) is 4.92. The van der Waals surface area contributed by atoms with Crippen LogP contribution in [0.2, 0.25) is 0 Å². The van der Waals surface area contributed by atoms with Gasteiger partial charge in [0.1, 0.15) is 24.0 Å². The second-order valence-electron chi connectivity index (χ2n) is 9.62. The Morgan fingerprint density at radius 1 is 1.15 bits per heavy atom. The summed E-state index contributed by atoms with van der Waals surface area (Å²) in [4.78, 5) is 17.2. The van der Waals surface area contributed by atoms with Crippen molar-refractivity contribution in [3.63, 3.8) is 0 Å². The lowest BCUT2D eigenvalue weighted by Crippen LogP contribution is -2.35. The van der Waals surface area contributed by atoms with Crippen molar-refractivity contribution in [3.8, 4) is 17.2 Å². The van der Waals surface area contributed by atoms with Gasteiger partial charge in [-0.1, -0.05) is 43.5 Å². The lowest BCUT2D eigenvalue weighted by molar-refractivity contribution is -0.114. The Labute approximate surface area is 246 Å². The molecule has 1 N–H and O–H groups in total. The van der Waals surface area contributed by atoms with Gasteiger partial charge in [-0.05, 0) is 82.4 Å². The molecular weight excluding hydrogens is 592 g/mol. The predicted octanol–water partition coefficient (Wildman–Crippen LogP) is 6.84. The number of ether oxygens (including phenoxy) is 3. The van der Waals surface area contributed by atoms with Crippen LogP contribution in [0.15, 0.2) is 69.2 Å². The quantitative estimate of drug-likeness (QED) is 0.177. The zero-order valence-corrected chi connectivity index (χ0v) is 24.7. The maximum Gasteiger partial charge on any atom is 0.283 e. The number of methoxy groups -OCH3 is 1. The van der Waals surface area contributed by atoms with E-state index in [0.29, 0.717) is 45.8 Å². The van der Waals surface area contributed by atoms with E-state index in [9.17, 15) is 4.79 Å². The first-order chi connectivity index (χ1) is 19.5. The SMILES string of the molecule is C=CCc1ccccc1OCCOc1c(Br)cc(/C=C2/C(=N)N3N=C(C4CCCCC4)SC3=NC2=O)cc1OC. The number of nitrogens with one attached hydrogen (secondary N) is 1. The molecular formula is C30H31BrN4O4S. The van der Waals surface area contributed by atoms with Crippen LogP contribution in [-0.4, -0.2) is 47.3 Å². The Morgan fingerprint density at radius 2 is 1.93 bits per heavy atom. The van der Waals surface area contributed by atoms with Gasteiger partial charge in [0, 0.05) is 5.92 Å². The number of hydrazone groups is 1. The number of benzene rings is 2. The molecule has 0 unspecified atom stereocenters. The molecule has 0 spiro atoms. The van der Waals surface area contributed by atoms with Gasteiger partial charge in [0.2, 0.25) is 5.17 Å². The van der Waals surface area contributed by atoms with E-state index in [1.54, 1.807) is 19.3 Å². The van der Waals surface area contributed by atoms with Crippen LogP contribution in [0.3, 0.4) is 0 Å². The molecule has 0 aromatic heterocycles. The number of halogens is 1. The number of aliphatic imine (C=N–C) groups is 1. The van der Waals surface area contributed by atoms with Crippen LogP contribution >= 0.6 is 27.7 Å². The highest BCUT2D eigenvalue weighted by Gasteiger charge is 2.38. The molecule has 2 aliphatic heterocycles. The number of amides is 1. The van der Waals surface area contributed by atoms with Crippen molar-refractivity contribution >= 4 is 55.7 Å². The van der Waals surface area contributed by atoms with Gasteiger partial charge in [-0.3, -0.25) is 10.2 Å². The van der Waals surface area contributed by atoms with Gasteiger partial charge in [0.25, 0.3) is 5.91 Å². The fraction of sp³-hybridized carbons (Fsp3) is 0.333. The minimum atomic E-state index is -0.451. The van der Waals surface area contributed by atoms with E-state index in [4.69, 9.17) is 19.6 Å². The Kier molecular flexibility index (Phi) is 9.06. The largest absolute Gasteiger partial charge is 0.493 e. The average Bonchev–Trinajstić information content (AvgIpc) is 3.39. The molecule has 1 amide bonds. The Balaban J connectivity index is 1.28. The number of hydrogen-bond donors (Lipinski definition) is 1. The zero-order chi connectivity index (χ0) is 28.1.